The highest BCUT2D eigenvalue weighted by molar-refractivity contribution is 9.10. The minimum Gasteiger partial charge on any atom is -0.496 e. The molecule has 0 saturated heterocycles. The molecule has 1 aromatic heterocycles. The molecule has 5 nitrogen and oxygen atoms in total. The van der Waals surface area contributed by atoms with E-state index in [0.717, 1.165) is 34.9 Å². The van der Waals surface area contributed by atoms with Crippen molar-refractivity contribution >= 4 is 55.5 Å². The summed E-state index contributed by atoms with van der Waals surface area (Å²) in [5, 5.41) is 16.0. The molecule has 0 saturated carbocycles. The number of halogens is 1. The fraction of sp³-hybridized carbons (Fsp3) is 0.278. The van der Waals surface area contributed by atoms with Gasteiger partial charge in [0.2, 0.25) is 0 Å². The fourth-order valence-corrected chi connectivity index (χ4v) is 5.16. The number of hydrogen-bond donors (Lipinski definition) is 2. The summed E-state index contributed by atoms with van der Waals surface area (Å²) in [5.74, 6) is 0.132. The standard InChI is InChI=1S/C18H16BrN3O2S2/c1-9-6-10(19)7-12(15(9)24-2)16(23)21-18(25)22-17-13(8-20)11-4-3-5-14(11)26-17/h6-7H,3-5H2,1-2H3,(H2,21,22,23,25). The summed E-state index contributed by atoms with van der Waals surface area (Å²) in [7, 11) is 1.52. The van der Waals surface area contributed by atoms with E-state index in [-0.39, 0.29) is 11.0 Å². The molecule has 2 N–H and O–H groups in total. The molecule has 0 bridgehead atoms. The number of carbonyl (C=O) groups is 1. The van der Waals surface area contributed by atoms with Gasteiger partial charge in [0.1, 0.15) is 16.8 Å². The van der Waals surface area contributed by atoms with Crippen molar-refractivity contribution in [2.24, 2.45) is 0 Å². The summed E-state index contributed by atoms with van der Waals surface area (Å²) in [6.45, 7) is 1.86. The molecule has 1 aliphatic carbocycles. The lowest BCUT2D eigenvalue weighted by Gasteiger charge is -2.13. The van der Waals surface area contributed by atoms with Crippen LogP contribution in [0.15, 0.2) is 16.6 Å². The topological polar surface area (TPSA) is 74.2 Å². The van der Waals surface area contributed by atoms with Gasteiger partial charge in [0, 0.05) is 9.35 Å². The van der Waals surface area contributed by atoms with Crippen molar-refractivity contribution in [1.82, 2.24) is 5.32 Å². The molecule has 8 heteroatoms. The Bertz CT molecular complexity index is 947. The molecular formula is C18H16BrN3O2S2. The quantitative estimate of drug-likeness (QED) is 0.682. The lowest BCUT2D eigenvalue weighted by molar-refractivity contribution is 0.0974. The van der Waals surface area contributed by atoms with Crippen LogP contribution in [0.2, 0.25) is 0 Å². The Morgan fingerprint density at radius 2 is 2.19 bits per heavy atom. The van der Waals surface area contributed by atoms with Crippen LogP contribution < -0.4 is 15.4 Å². The summed E-state index contributed by atoms with van der Waals surface area (Å²) in [4.78, 5) is 13.8. The van der Waals surface area contributed by atoms with Gasteiger partial charge in [-0.25, -0.2) is 0 Å². The Hall–Kier alpha value is -1.95. The van der Waals surface area contributed by atoms with Crippen LogP contribution in [0.5, 0.6) is 5.75 Å². The highest BCUT2D eigenvalue weighted by Crippen LogP contribution is 2.38. The molecule has 0 unspecified atom stereocenters. The van der Waals surface area contributed by atoms with E-state index in [2.05, 4.69) is 32.6 Å². The second-order valence-corrected chi connectivity index (χ2v) is 8.31. The lowest BCUT2D eigenvalue weighted by atomic mass is 10.1. The molecule has 134 valence electrons. The summed E-state index contributed by atoms with van der Waals surface area (Å²) in [6, 6.07) is 5.81. The van der Waals surface area contributed by atoms with E-state index in [1.54, 1.807) is 6.07 Å². The number of nitrogens with one attached hydrogen (secondary N) is 2. The van der Waals surface area contributed by atoms with Crippen LogP contribution in [-0.2, 0) is 12.8 Å². The number of carbonyl (C=O) groups excluding carboxylic acids is 1. The van der Waals surface area contributed by atoms with Gasteiger partial charge in [0.05, 0.1) is 18.2 Å². The first-order valence-electron chi connectivity index (χ1n) is 7.95. The number of thiocarbonyl (C=S) groups is 1. The van der Waals surface area contributed by atoms with Gasteiger partial charge in [-0.05, 0) is 61.7 Å². The molecule has 0 spiro atoms. The largest absolute Gasteiger partial charge is 0.496 e. The summed E-state index contributed by atoms with van der Waals surface area (Å²) < 4.78 is 6.12. The summed E-state index contributed by atoms with van der Waals surface area (Å²) in [5.41, 5.74) is 2.97. The van der Waals surface area contributed by atoms with E-state index in [4.69, 9.17) is 17.0 Å². The number of fused-ring (bicyclic) bond motifs is 1. The fourth-order valence-electron chi connectivity index (χ4n) is 3.08. The van der Waals surface area contributed by atoms with Gasteiger partial charge in [0.25, 0.3) is 5.91 Å². The number of benzene rings is 1. The van der Waals surface area contributed by atoms with E-state index >= 15 is 0 Å². The number of hydrogen-bond acceptors (Lipinski definition) is 5. The molecule has 1 heterocycles. The first-order valence-corrected chi connectivity index (χ1v) is 9.97. The Morgan fingerprint density at radius 3 is 2.88 bits per heavy atom. The zero-order chi connectivity index (χ0) is 18.8. The number of nitrogens with zero attached hydrogens (tertiary/aromatic N) is 1. The van der Waals surface area contributed by atoms with E-state index in [1.165, 1.54) is 23.3 Å². The monoisotopic (exact) mass is 449 g/mol. The SMILES string of the molecule is COc1c(C)cc(Br)cc1C(=O)NC(=S)Nc1sc2c(c1C#N)CCC2. The van der Waals surface area contributed by atoms with Gasteiger partial charge in [0.15, 0.2) is 5.11 Å². The van der Waals surface area contributed by atoms with Crippen molar-refractivity contribution in [3.63, 3.8) is 0 Å². The van der Waals surface area contributed by atoms with Crippen LogP contribution in [0.3, 0.4) is 0 Å². The number of nitriles is 1. The maximum Gasteiger partial charge on any atom is 0.261 e. The molecule has 26 heavy (non-hydrogen) atoms. The van der Waals surface area contributed by atoms with E-state index in [1.807, 2.05) is 13.0 Å². The van der Waals surface area contributed by atoms with E-state index < -0.39 is 0 Å². The second-order valence-electron chi connectivity index (χ2n) is 5.89. The van der Waals surface area contributed by atoms with Gasteiger partial charge in [-0.3, -0.25) is 10.1 Å². The Kier molecular flexibility index (Phi) is 5.61. The number of aryl methyl sites for hydroxylation is 2. The van der Waals surface area contributed by atoms with Crippen LogP contribution in [0, 0.1) is 18.3 Å². The first kappa shape index (κ1) is 18.8. The third-order valence-electron chi connectivity index (χ3n) is 4.18. The molecule has 1 aliphatic rings. The molecule has 0 aliphatic heterocycles. The predicted octanol–water partition coefficient (Wildman–Crippen LogP) is 4.31. The van der Waals surface area contributed by atoms with Gasteiger partial charge < -0.3 is 10.1 Å². The number of methoxy groups -OCH3 is 1. The summed E-state index contributed by atoms with van der Waals surface area (Å²) >= 11 is 10.2. The van der Waals surface area contributed by atoms with Crippen molar-refractivity contribution < 1.29 is 9.53 Å². The summed E-state index contributed by atoms with van der Waals surface area (Å²) in [6.07, 6.45) is 2.99. The molecule has 2 aromatic rings. The number of thiophene rings is 1. The molecule has 1 amide bonds. The molecule has 1 aromatic carbocycles. The predicted molar refractivity (Wildman–Crippen MR) is 110 cm³/mol. The highest BCUT2D eigenvalue weighted by atomic mass is 79.9. The normalized spacial score (nSPS) is 12.2. The number of anilines is 1. The average Bonchev–Trinajstić information content (AvgIpc) is 3.14. The Morgan fingerprint density at radius 1 is 1.42 bits per heavy atom. The van der Waals surface area contributed by atoms with Gasteiger partial charge in [-0.2, -0.15) is 5.26 Å². The minimum atomic E-state index is -0.369. The zero-order valence-corrected chi connectivity index (χ0v) is 17.5. The van der Waals surface area contributed by atoms with Crippen molar-refractivity contribution in [2.45, 2.75) is 26.2 Å². The molecule has 0 radical (unpaired) electrons. The van der Waals surface area contributed by atoms with Crippen LogP contribution in [0.4, 0.5) is 5.00 Å². The number of ether oxygens (including phenoxy) is 1. The van der Waals surface area contributed by atoms with Crippen molar-refractivity contribution in [1.29, 1.82) is 5.26 Å². The Balaban J connectivity index is 1.78. The lowest BCUT2D eigenvalue weighted by Crippen LogP contribution is -2.34. The highest BCUT2D eigenvalue weighted by Gasteiger charge is 2.23. The average molecular weight is 450 g/mol. The van der Waals surface area contributed by atoms with Crippen molar-refractivity contribution in [3.8, 4) is 11.8 Å². The van der Waals surface area contributed by atoms with Crippen molar-refractivity contribution in [2.75, 3.05) is 12.4 Å². The zero-order valence-electron chi connectivity index (χ0n) is 14.2. The smallest absolute Gasteiger partial charge is 0.261 e. The van der Waals surface area contributed by atoms with Gasteiger partial charge in [-0.1, -0.05) is 15.9 Å². The second kappa shape index (κ2) is 7.74. The molecule has 0 atom stereocenters. The van der Waals surface area contributed by atoms with Crippen LogP contribution >= 0.6 is 39.5 Å². The van der Waals surface area contributed by atoms with Crippen LogP contribution in [0.25, 0.3) is 0 Å². The first-order chi connectivity index (χ1) is 12.4. The Labute approximate surface area is 169 Å². The third kappa shape index (κ3) is 3.61. The molecule has 3 rings (SSSR count). The van der Waals surface area contributed by atoms with E-state index in [9.17, 15) is 10.1 Å². The van der Waals surface area contributed by atoms with Crippen LogP contribution in [0.1, 0.15) is 38.3 Å². The minimum absolute atomic E-state index is 0.158. The van der Waals surface area contributed by atoms with Crippen LogP contribution in [-0.4, -0.2) is 18.1 Å². The van der Waals surface area contributed by atoms with Crippen molar-refractivity contribution in [3.05, 3.63) is 43.7 Å². The number of rotatable bonds is 3. The molecular weight excluding hydrogens is 434 g/mol. The maximum absolute atomic E-state index is 12.6. The van der Waals surface area contributed by atoms with E-state index in [0.29, 0.717) is 21.9 Å². The van der Waals surface area contributed by atoms with Gasteiger partial charge >= 0.3 is 0 Å². The number of amides is 1. The molecule has 0 fully saturated rings. The maximum atomic E-state index is 12.6. The third-order valence-corrected chi connectivity index (χ3v) is 6.04. The van der Waals surface area contributed by atoms with Gasteiger partial charge in [-0.15, -0.1) is 11.3 Å².